The molecule has 3 heterocycles. The van der Waals surface area contributed by atoms with Crippen LogP contribution in [-0.4, -0.2) is 53.5 Å². The largest absolute Gasteiger partial charge is 0.494 e. The maximum Gasteiger partial charge on any atom is 0.311 e. The number of ether oxygens (including phenoxy) is 1. The molecular weight excluding hydrogens is 426 g/mol. The number of anilines is 2. The van der Waals surface area contributed by atoms with Gasteiger partial charge in [-0.1, -0.05) is 6.92 Å². The Morgan fingerprint density at radius 3 is 2.58 bits per heavy atom. The number of rotatable bonds is 8. The van der Waals surface area contributed by atoms with E-state index in [9.17, 15) is 19.7 Å². The van der Waals surface area contributed by atoms with E-state index in [0.29, 0.717) is 49.8 Å². The molecule has 33 heavy (non-hydrogen) atoms. The fraction of sp³-hybridized carbons (Fsp3) is 0.435. The zero-order chi connectivity index (χ0) is 23.4. The Balaban J connectivity index is 1.35. The van der Waals surface area contributed by atoms with Crippen molar-refractivity contribution in [2.75, 3.05) is 29.5 Å². The fourth-order valence-electron chi connectivity index (χ4n) is 4.26. The average Bonchev–Trinajstić information content (AvgIpc) is 3.11. The van der Waals surface area contributed by atoms with Crippen LogP contribution in [0.5, 0.6) is 5.75 Å². The molecule has 1 atom stereocenters. The van der Waals surface area contributed by atoms with Crippen LogP contribution in [0.2, 0.25) is 0 Å². The van der Waals surface area contributed by atoms with Crippen molar-refractivity contribution in [2.24, 2.45) is 0 Å². The molecule has 2 fully saturated rings. The first-order chi connectivity index (χ1) is 16.0. The smallest absolute Gasteiger partial charge is 0.311 e. The summed E-state index contributed by atoms with van der Waals surface area (Å²) in [6, 6.07) is 9.44. The third-order valence-electron chi connectivity index (χ3n) is 5.91. The Morgan fingerprint density at radius 2 is 1.91 bits per heavy atom. The molecule has 1 N–H and O–H groups in total. The molecule has 0 saturated carbocycles. The van der Waals surface area contributed by atoms with Crippen molar-refractivity contribution in [2.45, 2.75) is 44.7 Å². The van der Waals surface area contributed by atoms with E-state index >= 15 is 0 Å². The molecule has 0 unspecified atom stereocenters. The minimum absolute atomic E-state index is 0.0118. The number of nitrogens with one attached hydrogen (secondary N) is 1. The highest BCUT2D eigenvalue weighted by atomic mass is 16.6. The Kier molecular flexibility index (Phi) is 6.83. The molecule has 0 bridgehead atoms. The second-order valence-electron chi connectivity index (χ2n) is 8.20. The van der Waals surface area contributed by atoms with Gasteiger partial charge in [-0.3, -0.25) is 19.7 Å². The highest BCUT2D eigenvalue weighted by molar-refractivity contribution is 6.22. The highest BCUT2D eigenvalue weighted by Crippen LogP contribution is 2.29. The average molecular weight is 453 g/mol. The van der Waals surface area contributed by atoms with Crippen LogP contribution in [0.15, 0.2) is 42.6 Å². The van der Waals surface area contributed by atoms with Crippen molar-refractivity contribution in [3.05, 3.63) is 52.7 Å². The number of amides is 2. The van der Waals surface area contributed by atoms with E-state index in [1.807, 2.05) is 11.8 Å². The van der Waals surface area contributed by atoms with Crippen molar-refractivity contribution in [1.29, 1.82) is 0 Å². The molecule has 2 aromatic rings. The minimum Gasteiger partial charge on any atom is -0.494 e. The van der Waals surface area contributed by atoms with Crippen LogP contribution in [0.25, 0.3) is 0 Å². The van der Waals surface area contributed by atoms with E-state index < -0.39 is 11.0 Å². The number of piperidine rings is 1. The zero-order valence-electron chi connectivity index (χ0n) is 18.5. The van der Waals surface area contributed by atoms with Gasteiger partial charge in [-0.2, -0.15) is 0 Å². The van der Waals surface area contributed by atoms with Crippen molar-refractivity contribution < 1.29 is 19.2 Å². The molecule has 0 radical (unpaired) electrons. The lowest BCUT2D eigenvalue weighted by Gasteiger charge is -2.33. The van der Waals surface area contributed by atoms with Crippen LogP contribution in [0.1, 0.15) is 32.6 Å². The number of nitro groups is 1. The van der Waals surface area contributed by atoms with Crippen LogP contribution in [0.4, 0.5) is 17.2 Å². The van der Waals surface area contributed by atoms with Crippen LogP contribution >= 0.6 is 0 Å². The minimum atomic E-state index is -0.575. The second kappa shape index (κ2) is 9.95. The van der Waals surface area contributed by atoms with Gasteiger partial charge in [0.05, 0.1) is 29.7 Å². The molecule has 1 aromatic carbocycles. The van der Waals surface area contributed by atoms with Crippen LogP contribution in [0, 0.1) is 10.1 Å². The number of aromatic nitrogens is 1. The van der Waals surface area contributed by atoms with E-state index in [0.717, 1.165) is 6.42 Å². The Hall–Kier alpha value is -3.53. The SMILES string of the molecule is CCCOc1ccc(N2C(=O)C[C@@H](NC3CCN(c4ncccc4[N+](=O)[O-])CC3)C2=O)cc1. The third kappa shape index (κ3) is 4.95. The molecule has 10 nitrogen and oxygen atoms in total. The summed E-state index contributed by atoms with van der Waals surface area (Å²) in [7, 11) is 0. The predicted molar refractivity (Wildman–Crippen MR) is 122 cm³/mol. The zero-order valence-corrected chi connectivity index (χ0v) is 18.5. The number of carbonyl (C=O) groups excluding carboxylic acids is 2. The highest BCUT2D eigenvalue weighted by Gasteiger charge is 2.40. The quantitative estimate of drug-likeness (QED) is 0.368. The summed E-state index contributed by atoms with van der Waals surface area (Å²) in [6.45, 7) is 3.79. The second-order valence-corrected chi connectivity index (χ2v) is 8.20. The Bertz CT molecular complexity index is 1020. The summed E-state index contributed by atoms with van der Waals surface area (Å²) in [4.78, 5) is 43.7. The summed E-state index contributed by atoms with van der Waals surface area (Å²) >= 11 is 0. The normalized spacial score (nSPS) is 19.2. The maximum atomic E-state index is 13.0. The molecular formula is C23H27N5O5. The molecule has 2 aliphatic rings. The van der Waals surface area contributed by atoms with Gasteiger partial charge < -0.3 is 15.0 Å². The molecule has 0 aliphatic carbocycles. The summed E-state index contributed by atoms with van der Waals surface area (Å²) in [6.07, 6.45) is 3.94. The maximum absolute atomic E-state index is 13.0. The molecule has 2 saturated heterocycles. The van der Waals surface area contributed by atoms with Crippen molar-refractivity contribution in [3.8, 4) is 5.75 Å². The number of carbonyl (C=O) groups is 2. The molecule has 0 spiro atoms. The van der Waals surface area contributed by atoms with E-state index in [1.165, 1.54) is 11.0 Å². The van der Waals surface area contributed by atoms with E-state index in [4.69, 9.17) is 4.74 Å². The summed E-state index contributed by atoms with van der Waals surface area (Å²) in [5.74, 6) is 0.575. The number of nitrogens with zero attached hydrogens (tertiary/aromatic N) is 4. The Morgan fingerprint density at radius 1 is 1.18 bits per heavy atom. The number of benzene rings is 1. The van der Waals surface area contributed by atoms with Crippen molar-refractivity contribution >= 4 is 29.0 Å². The fourth-order valence-corrected chi connectivity index (χ4v) is 4.26. The summed E-state index contributed by atoms with van der Waals surface area (Å²) in [5, 5.41) is 14.6. The summed E-state index contributed by atoms with van der Waals surface area (Å²) in [5.41, 5.74) is 0.526. The van der Waals surface area contributed by atoms with Crippen LogP contribution < -0.4 is 19.9 Å². The van der Waals surface area contributed by atoms with E-state index in [-0.39, 0.29) is 30.0 Å². The van der Waals surface area contributed by atoms with Gasteiger partial charge in [0.2, 0.25) is 11.7 Å². The molecule has 4 rings (SSSR count). The van der Waals surface area contributed by atoms with Gasteiger partial charge in [0.1, 0.15) is 5.75 Å². The summed E-state index contributed by atoms with van der Waals surface area (Å²) < 4.78 is 5.56. The van der Waals surface area contributed by atoms with Crippen LogP contribution in [-0.2, 0) is 9.59 Å². The van der Waals surface area contributed by atoms with Gasteiger partial charge in [-0.05, 0) is 49.6 Å². The van der Waals surface area contributed by atoms with Gasteiger partial charge in [-0.15, -0.1) is 0 Å². The lowest BCUT2D eigenvalue weighted by Crippen LogP contribution is -2.49. The first-order valence-electron chi connectivity index (χ1n) is 11.2. The first kappa shape index (κ1) is 22.7. The lowest BCUT2D eigenvalue weighted by molar-refractivity contribution is -0.384. The number of hydrogen-bond donors (Lipinski definition) is 1. The first-order valence-corrected chi connectivity index (χ1v) is 11.2. The van der Waals surface area contributed by atoms with E-state index in [1.54, 1.807) is 36.5 Å². The molecule has 10 heteroatoms. The molecule has 2 aliphatic heterocycles. The van der Waals surface area contributed by atoms with Crippen molar-refractivity contribution in [1.82, 2.24) is 10.3 Å². The third-order valence-corrected chi connectivity index (χ3v) is 5.91. The van der Waals surface area contributed by atoms with Gasteiger partial charge in [0.25, 0.3) is 5.91 Å². The molecule has 1 aromatic heterocycles. The van der Waals surface area contributed by atoms with Gasteiger partial charge >= 0.3 is 5.69 Å². The van der Waals surface area contributed by atoms with Gasteiger partial charge in [0.15, 0.2) is 0 Å². The standard InChI is InChI=1S/C23H27N5O5/c1-2-14-33-18-7-5-17(6-8-18)27-21(29)15-19(23(27)30)25-16-9-12-26(13-10-16)22-20(28(31)32)4-3-11-24-22/h3-8,11,16,19,25H,2,9-10,12-15H2,1H3/t19-/m1/s1. The number of imide groups is 1. The van der Waals surface area contributed by atoms with Crippen LogP contribution in [0.3, 0.4) is 0 Å². The number of hydrogen-bond acceptors (Lipinski definition) is 8. The lowest BCUT2D eigenvalue weighted by atomic mass is 10.0. The van der Waals surface area contributed by atoms with Gasteiger partial charge in [-0.25, -0.2) is 9.88 Å². The Labute approximate surface area is 191 Å². The van der Waals surface area contributed by atoms with Crippen molar-refractivity contribution in [3.63, 3.8) is 0 Å². The monoisotopic (exact) mass is 453 g/mol. The van der Waals surface area contributed by atoms with E-state index in [2.05, 4.69) is 10.3 Å². The topological polar surface area (TPSA) is 118 Å². The predicted octanol–water partition coefficient (Wildman–Crippen LogP) is 2.67. The number of pyridine rings is 1. The molecule has 2 amide bonds. The molecule has 174 valence electrons. The van der Waals surface area contributed by atoms with Gasteiger partial charge in [0, 0.05) is 31.4 Å².